The third-order valence-corrected chi connectivity index (χ3v) is 4.39. The number of rotatable bonds is 8. The highest BCUT2D eigenvalue weighted by Gasteiger charge is 2.36. The zero-order valence-corrected chi connectivity index (χ0v) is 17.1. The molecular formula is C21H30N2O5. The van der Waals surface area contributed by atoms with Gasteiger partial charge in [0, 0.05) is 13.1 Å². The van der Waals surface area contributed by atoms with Crippen LogP contribution in [0, 0.1) is 5.92 Å². The SMILES string of the molecule is CC(C)CCOC(=O)CC1C(=O)NCCN1C(=O)c1ccccc1OC(C)C. The van der Waals surface area contributed by atoms with Gasteiger partial charge in [-0.05, 0) is 38.3 Å². The van der Waals surface area contributed by atoms with Crippen molar-refractivity contribution in [3.8, 4) is 5.75 Å². The monoisotopic (exact) mass is 390 g/mol. The number of hydrogen-bond acceptors (Lipinski definition) is 5. The summed E-state index contributed by atoms with van der Waals surface area (Å²) in [5.41, 5.74) is 0.379. The van der Waals surface area contributed by atoms with Gasteiger partial charge in [-0.2, -0.15) is 0 Å². The molecule has 7 heteroatoms. The van der Waals surface area contributed by atoms with Gasteiger partial charge in [-0.15, -0.1) is 0 Å². The molecule has 154 valence electrons. The molecule has 0 aromatic heterocycles. The first-order valence-electron chi connectivity index (χ1n) is 9.79. The van der Waals surface area contributed by atoms with Crippen molar-refractivity contribution in [3.05, 3.63) is 29.8 Å². The van der Waals surface area contributed by atoms with Gasteiger partial charge in [0.2, 0.25) is 5.91 Å². The molecule has 2 amide bonds. The number of nitrogens with zero attached hydrogens (tertiary/aromatic N) is 1. The van der Waals surface area contributed by atoms with Gasteiger partial charge in [0.25, 0.3) is 5.91 Å². The molecular weight excluding hydrogens is 360 g/mol. The molecule has 0 radical (unpaired) electrons. The Morgan fingerprint density at radius 2 is 1.93 bits per heavy atom. The number of hydrogen-bond donors (Lipinski definition) is 1. The molecule has 1 aliphatic heterocycles. The number of nitrogens with one attached hydrogen (secondary N) is 1. The molecule has 1 saturated heterocycles. The number of ether oxygens (including phenoxy) is 2. The van der Waals surface area contributed by atoms with Crippen LogP contribution in [-0.4, -0.2) is 54.5 Å². The van der Waals surface area contributed by atoms with E-state index in [4.69, 9.17) is 9.47 Å². The Hall–Kier alpha value is -2.57. The lowest BCUT2D eigenvalue weighted by Crippen LogP contribution is -2.57. The van der Waals surface area contributed by atoms with Crippen molar-refractivity contribution in [2.75, 3.05) is 19.7 Å². The van der Waals surface area contributed by atoms with Gasteiger partial charge in [0.05, 0.1) is 24.7 Å². The Morgan fingerprint density at radius 1 is 1.21 bits per heavy atom. The summed E-state index contributed by atoms with van der Waals surface area (Å²) in [4.78, 5) is 39.2. The van der Waals surface area contributed by atoms with Crippen molar-refractivity contribution < 1.29 is 23.9 Å². The van der Waals surface area contributed by atoms with Gasteiger partial charge in [-0.1, -0.05) is 26.0 Å². The normalized spacial score (nSPS) is 16.9. The van der Waals surface area contributed by atoms with Gasteiger partial charge in [-0.25, -0.2) is 0 Å². The molecule has 28 heavy (non-hydrogen) atoms. The summed E-state index contributed by atoms with van der Waals surface area (Å²) in [6.45, 7) is 8.82. The van der Waals surface area contributed by atoms with E-state index in [1.807, 2.05) is 27.7 Å². The van der Waals surface area contributed by atoms with E-state index < -0.39 is 12.0 Å². The van der Waals surface area contributed by atoms with Crippen LogP contribution < -0.4 is 10.1 Å². The first-order valence-corrected chi connectivity index (χ1v) is 9.79. The maximum Gasteiger partial charge on any atom is 0.308 e. The third-order valence-electron chi connectivity index (χ3n) is 4.39. The molecule has 0 saturated carbocycles. The maximum atomic E-state index is 13.2. The van der Waals surface area contributed by atoms with Gasteiger partial charge in [0.1, 0.15) is 11.8 Å². The number of amides is 2. The number of esters is 1. The molecule has 1 unspecified atom stereocenters. The predicted molar refractivity (Wildman–Crippen MR) is 105 cm³/mol. The smallest absolute Gasteiger partial charge is 0.308 e. The number of piperazine rings is 1. The summed E-state index contributed by atoms with van der Waals surface area (Å²) >= 11 is 0. The van der Waals surface area contributed by atoms with Crippen LogP contribution in [0.2, 0.25) is 0 Å². The molecule has 1 N–H and O–H groups in total. The van der Waals surface area contributed by atoms with Crippen LogP contribution in [0.25, 0.3) is 0 Å². The first kappa shape index (κ1) is 21.7. The van der Waals surface area contributed by atoms with Crippen LogP contribution in [0.5, 0.6) is 5.75 Å². The molecule has 1 aromatic rings. The fraction of sp³-hybridized carbons (Fsp3) is 0.571. The van der Waals surface area contributed by atoms with Gasteiger partial charge in [-0.3, -0.25) is 14.4 Å². The summed E-state index contributed by atoms with van der Waals surface area (Å²) in [5.74, 6) is -0.269. The first-order chi connectivity index (χ1) is 13.3. The molecule has 7 nitrogen and oxygen atoms in total. The van der Waals surface area contributed by atoms with E-state index in [0.29, 0.717) is 36.9 Å². The predicted octanol–water partition coefficient (Wildman–Crippen LogP) is 2.39. The lowest BCUT2D eigenvalue weighted by atomic mass is 10.1. The molecule has 0 aliphatic carbocycles. The third kappa shape index (κ3) is 5.97. The van der Waals surface area contributed by atoms with E-state index >= 15 is 0 Å². The largest absolute Gasteiger partial charge is 0.490 e. The molecule has 2 rings (SSSR count). The van der Waals surface area contributed by atoms with Crippen LogP contribution in [0.1, 0.15) is 50.9 Å². The Bertz CT molecular complexity index is 702. The quantitative estimate of drug-likeness (QED) is 0.689. The van der Waals surface area contributed by atoms with E-state index in [1.54, 1.807) is 24.3 Å². The molecule has 0 spiro atoms. The minimum absolute atomic E-state index is 0.0923. The van der Waals surface area contributed by atoms with Crippen molar-refractivity contribution >= 4 is 17.8 Å². The minimum atomic E-state index is -0.889. The standard InChI is InChI=1S/C21H30N2O5/c1-14(2)9-12-27-19(24)13-17-20(25)22-10-11-23(17)21(26)16-7-5-6-8-18(16)28-15(3)4/h5-8,14-15,17H,9-13H2,1-4H3,(H,22,25). The molecule has 1 aliphatic rings. The van der Waals surface area contributed by atoms with E-state index in [1.165, 1.54) is 4.90 Å². The van der Waals surface area contributed by atoms with Gasteiger partial charge < -0.3 is 19.7 Å². The highest BCUT2D eigenvalue weighted by Crippen LogP contribution is 2.23. The summed E-state index contributed by atoms with van der Waals surface area (Å²) in [5, 5.41) is 2.72. The van der Waals surface area contributed by atoms with E-state index in [9.17, 15) is 14.4 Å². The maximum absolute atomic E-state index is 13.2. The van der Waals surface area contributed by atoms with E-state index in [0.717, 1.165) is 6.42 Å². The number of para-hydroxylation sites is 1. The topological polar surface area (TPSA) is 84.9 Å². The summed E-state index contributed by atoms with van der Waals surface area (Å²) in [6.07, 6.45) is 0.499. The van der Waals surface area contributed by atoms with Crippen LogP contribution in [0.15, 0.2) is 24.3 Å². The second-order valence-corrected chi connectivity index (χ2v) is 7.58. The fourth-order valence-electron chi connectivity index (χ4n) is 2.94. The average molecular weight is 390 g/mol. The second-order valence-electron chi connectivity index (χ2n) is 7.58. The lowest BCUT2D eigenvalue weighted by Gasteiger charge is -2.35. The molecule has 1 fully saturated rings. The lowest BCUT2D eigenvalue weighted by molar-refractivity contribution is -0.148. The average Bonchev–Trinajstić information content (AvgIpc) is 2.62. The van der Waals surface area contributed by atoms with Crippen molar-refractivity contribution in [1.29, 1.82) is 0 Å². The van der Waals surface area contributed by atoms with Crippen molar-refractivity contribution in [1.82, 2.24) is 10.2 Å². The highest BCUT2D eigenvalue weighted by atomic mass is 16.5. The highest BCUT2D eigenvalue weighted by molar-refractivity contribution is 6.01. The molecule has 1 aromatic carbocycles. The van der Waals surface area contributed by atoms with E-state index in [-0.39, 0.29) is 24.3 Å². The fourth-order valence-corrected chi connectivity index (χ4v) is 2.94. The van der Waals surface area contributed by atoms with Crippen LogP contribution in [0.4, 0.5) is 0 Å². The Morgan fingerprint density at radius 3 is 2.61 bits per heavy atom. The van der Waals surface area contributed by atoms with Gasteiger partial charge in [0.15, 0.2) is 0 Å². The molecule has 1 atom stereocenters. The van der Waals surface area contributed by atoms with Crippen LogP contribution in [-0.2, 0) is 14.3 Å². The van der Waals surface area contributed by atoms with Crippen LogP contribution in [0.3, 0.4) is 0 Å². The van der Waals surface area contributed by atoms with Crippen LogP contribution >= 0.6 is 0 Å². The van der Waals surface area contributed by atoms with Crippen molar-refractivity contribution in [2.45, 2.75) is 52.7 Å². The summed E-state index contributed by atoms with van der Waals surface area (Å²) in [6, 6.07) is 6.05. The number of carbonyl (C=O) groups is 3. The zero-order valence-electron chi connectivity index (χ0n) is 17.1. The Kier molecular flexibility index (Phi) is 7.84. The Labute approximate surface area is 166 Å². The van der Waals surface area contributed by atoms with Crippen molar-refractivity contribution in [2.24, 2.45) is 5.92 Å². The Balaban J connectivity index is 2.14. The summed E-state index contributed by atoms with van der Waals surface area (Å²) < 4.78 is 11.0. The zero-order chi connectivity index (χ0) is 20.7. The number of carbonyl (C=O) groups excluding carboxylic acids is 3. The second kappa shape index (κ2) is 10.1. The molecule has 0 bridgehead atoms. The van der Waals surface area contributed by atoms with Gasteiger partial charge >= 0.3 is 5.97 Å². The number of benzene rings is 1. The van der Waals surface area contributed by atoms with E-state index in [2.05, 4.69) is 5.32 Å². The minimum Gasteiger partial charge on any atom is -0.490 e. The summed E-state index contributed by atoms with van der Waals surface area (Å²) in [7, 11) is 0. The van der Waals surface area contributed by atoms with Crippen molar-refractivity contribution in [3.63, 3.8) is 0 Å². The molecule has 1 heterocycles.